The van der Waals surface area contributed by atoms with Crippen molar-refractivity contribution in [3.63, 3.8) is 0 Å². The quantitative estimate of drug-likeness (QED) is 0.528. The molecule has 4 nitrogen and oxygen atoms in total. The second-order valence-corrected chi connectivity index (χ2v) is 7.24. The van der Waals surface area contributed by atoms with Gasteiger partial charge in [-0.05, 0) is 42.5 Å². The maximum atomic E-state index is 12.2. The molecule has 0 spiro atoms. The summed E-state index contributed by atoms with van der Waals surface area (Å²) in [5.41, 5.74) is 7.17. The zero-order chi connectivity index (χ0) is 16.1. The van der Waals surface area contributed by atoms with Crippen LogP contribution in [0, 0.1) is 0 Å². The van der Waals surface area contributed by atoms with Crippen LogP contribution >= 0.6 is 23.1 Å². The molecule has 23 heavy (non-hydrogen) atoms. The number of hydrogen-bond donors (Lipinski definition) is 2. The van der Waals surface area contributed by atoms with Crippen LogP contribution in [0.3, 0.4) is 0 Å². The van der Waals surface area contributed by atoms with Crippen molar-refractivity contribution in [3.05, 3.63) is 54.1 Å². The Morgan fingerprint density at radius 3 is 2.87 bits per heavy atom. The van der Waals surface area contributed by atoms with Gasteiger partial charge in [0.15, 0.2) is 5.13 Å². The highest BCUT2D eigenvalue weighted by Gasteiger charge is 2.08. The molecule has 1 aromatic heterocycles. The molecule has 0 fully saturated rings. The van der Waals surface area contributed by atoms with Crippen molar-refractivity contribution in [1.29, 1.82) is 0 Å². The molecule has 6 heteroatoms. The molecule has 1 amide bonds. The average molecular weight is 343 g/mol. The smallest absolute Gasteiger partial charge is 0.251 e. The van der Waals surface area contributed by atoms with Gasteiger partial charge in [-0.25, -0.2) is 4.98 Å². The van der Waals surface area contributed by atoms with E-state index >= 15 is 0 Å². The van der Waals surface area contributed by atoms with Crippen LogP contribution in [-0.2, 0) is 0 Å². The Labute approximate surface area is 143 Å². The summed E-state index contributed by atoms with van der Waals surface area (Å²) in [4.78, 5) is 17.6. The van der Waals surface area contributed by atoms with E-state index in [1.807, 2.05) is 30.3 Å². The van der Waals surface area contributed by atoms with Crippen LogP contribution in [0.2, 0.25) is 0 Å². The molecule has 0 saturated carbocycles. The molecular weight excluding hydrogens is 326 g/mol. The van der Waals surface area contributed by atoms with Crippen molar-refractivity contribution in [2.75, 3.05) is 18.0 Å². The van der Waals surface area contributed by atoms with Crippen LogP contribution in [0.25, 0.3) is 10.2 Å². The Hall–Kier alpha value is -2.05. The van der Waals surface area contributed by atoms with E-state index in [-0.39, 0.29) is 5.91 Å². The Morgan fingerprint density at radius 1 is 1.22 bits per heavy atom. The van der Waals surface area contributed by atoms with E-state index in [4.69, 9.17) is 5.73 Å². The number of benzene rings is 2. The minimum absolute atomic E-state index is 0.0522. The van der Waals surface area contributed by atoms with E-state index in [1.54, 1.807) is 17.8 Å². The molecule has 0 bridgehead atoms. The van der Waals surface area contributed by atoms with Gasteiger partial charge in [0.05, 0.1) is 10.2 Å². The number of rotatable bonds is 6. The number of hydrogen-bond acceptors (Lipinski definition) is 5. The number of fused-ring (bicyclic) bond motifs is 1. The summed E-state index contributed by atoms with van der Waals surface area (Å²) >= 11 is 3.20. The number of carbonyl (C=O) groups is 1. The van der Waals surface area contributed by atoms with Crippen molar-refractivity contribution in [3.8, 4) is 0 Å². The standard InChI is InChI=1S/C17H17N3OS2/c18-17-20-14-8-7-12(11-15(14)23-17)16(21)19-9-4-10-22-13-5-2-1-3-6-13/h1-3,5-8,11H,4,9-10H2,(H2,18,20)(H,19,21). The maximum absolute atomic E-state index is 12.2. The molecular formula is C17H17N3OS2. The first-order valence-corrected chi connectivity index (χ1v) is 9.15. The number of thiazole rings is 1. The Bertz CT molecular complexity index is 802. The number of carbonyl (C=O) groups excluding carboxylic acids is 1. The molecule has 1 heterocycles. The summed E-state index contributed by atoms with van der Waals surface area (Å²) in [5.74, 6) is 0.929. The fraction of sp³-hybridized carbons (Fsp3) is 0.176. The summed E-state index contributed by atoms with van der Waals surface area (Å²) < 4.78 is 0.940. The molecule has 0 aliphatic rings. The lowest BCUT2D eigenvalue weighted by Crippen LogP contribution is -2.24. The van der Waals surface area contributed by atoms with Gasteiger partial charge in [0, 0.05) is 17.0 Å². The number of nitrogen functional groups attached to an aromatic ring is 1. The summed E-state index contributed by atoms with van der Waals surface area (Å²) in [6, 6.07) is 15.7. The SMILES string of the molecule is Nc1nc2ccc(C(=O)NCCCSc3ccccc3)cc2s1. The van der Waals surface area contributed by atoms with Crippen LogP contribution in [0.1, 0.15) is 16.8 Å². The van der Waals surface area contributed by atoms with Gasteiger partial charge in [-0.3, -0.25) is 4.79 Å². The first kappa shape index (κ1) is 15.8. The van der Waals surface area contributed by atoms with Gasteiger partial charge in [0.2, 0.25) is 0 Å². The highest BCUT2D eigenvalue weighted by molar-refractivity contribution is 7.99. The fourth-order valence-electron chi connectivity index (χ4n) is 2.17. The topological polar surface area (TPSA) is 68.0 Å². The largest absolute Gasteiger partial charge is 0.375 e. The molecule has 0 aliphatic heterocycles. The van der Waals surface area contributed by atoms with E-state index in [1.165, 1.54) is 16.2 Å². The van der Waals surface area contributed by atoms with E-state index in [0.29, 0.717) is 17.2 Å². The average Bonchev–Trinajstić information content (AvgIpc) is 2.94. The molecule has 0 radical (unpaired) electrons. The number of nitrogens with one attached hydrogen (secondary N) is 1. The monoisotopic (exact) mass is 343 g/mol. The molecule has 0 unspecified atom stereocenters. The third-order valence-corrected chi connectivity index (χ3v) is 5.23. The third-order valence-electron chi connectivity index (χ3n) is 3.29. The molecule has 0 saturated heterocycles. The maximum Gasteiger partial charge on any atom is 0.251 e. The molecule has 3 aromatic rings. The summed E-state index contributed by atoms with van der Waals surface area (Å²) in [6.45, 7) is 0.668. The van der Waals surface area contributed by atoms with Crippen molar-refractivity contribution in [2.45, 2.75) is 11.3 Å². The highest BCUT2D eigenvalue weighted by atomic mass is 32.2. The van der Waals surface area contributed by atoms with Gasteiger partial charge in [0.1, 0.15) is 0 Å². The zero-order valence-corrected chi connectivity index (χ0v) is 14.1. The third kappa shape index (κ3) is 4.24. The van der Waals surface area contributed by atoms with Crippen molar-refractivity contribution in [2.24, 2.45) is 0 Å². The predicted molar refractivity (Wildman–Crippen MR) is 98.1 cm³/mol. The number of anilines is 1. The first-order chi connectivity index (χ1) is 11.2. The molecule has 3 N–H and O–H groups in total. The van der Waals surface area contributed by atoms with Gasteiger partial charge in [-0.15, -0.1) is 11.8 Å². The summed E-state index contributed by atoms with van der Waals surface area (Å²) in [5, 5.41) is 3.48. The highest BCUT2D eigenvalue weighted by Crippen LogP contribution is 2.24. The lowest BCUT2D eigenvalue weighted by molar-refractivity contribution is 0.0954. The van der Waals surface area contributed by atoms with Crippen LogP contribution in [-0.4, -0.2) is 23.2 Å². The van der Waals surface area contributed by atoms with E-state index in [2.05, 4.69) is 22.4 Å². The normalized spacial score (nSPS) is 10.8. The minimum Gasteiger partial charge on any atom is -0.375 e. The lowest BCUT2D eigenvalue weighted by atomic mass is 10.2. The predicted octanol–water partition coefficient (Wildman–Crippen LogP) is 3.79. The molecule has 3 rings (SSSR count). The molecule has 0 atom stereocenters. The van der Waals surface area contributed by atoms with Gasteiger partial charge in [0.25, 0.3) is 5.91 Å². The fourth-order valence-corrected chi connectivity index (χ4v) is 3.81. The minimum atomic E-state index is -0.0522. The van der Waals surface area contributed by atoms with E-state index < -0.39 is 0 Å². The van der Waals surface area contributed by atoms with Crippen LogP contribution in [0.15, 0.2) is 53.4 Å². The van der Waals surface area contributed by atoms with E-state index in [9.17, 15) is 4.79 Å². The van der Waals surface area contributed by atoms with Gasteiger partial charge in [-0.1, -0.05) is 29.5 Å². The molecule has 0 aliphatic carbocycles. The first-order valence-electron chi connectivity index (χ1n) is 7.34. The van der Waals surface area contributed by atoms with Crippen molar-refractivity contribution < 1.29 is 4.79 Å². The van der Waals surface area contributed by atoms with Crippen LogP contribution in [0.4, 0.5) is 5.13 Å². The van der Waals surface area contributed by atoms with Gasteiger partial charge in [-0.2, -0.15) is 0 Å². The summed E-state index contributed by atoms with van der Waals surface area (Å²) in [6.07, 6.45) is 0.932. The second kappa shape index (κ2) is 7.48. The number of nitrogens with two attached hydrogens (primary N) is 1. The van der Waals surface area contributed by atoms with Crippen LogP contribution < -0.4 is 11.1 Å². The molecule has 118 valence electrons. The lowest BCUT2D eigenvalue weighted by Gasteiger charge is -2.05. The zero-order valence-electron chi connectivity index (χ0n) is 12.5. The van der Waals surface area contributed by atoms with Crippen molar-refractivity contribution >= 4 is 44.4 Å². The Morgan fingerprint density at radius 2 is 2.04 bits per heavy atom. The van der Waals surface area contributed by atoms with Crippen molar-refractivity contribution in [1.82, 2.24) is 10.3 Å². The number of thioether (sulfide) groups is 1. The number of aromatic nitrogens is 1. The Balaban J connectivity index is 1.46. The summed E-state index contributed by atoms with van der Waals surface area (Å²) in [7, 11) is 0. The number of amides is 1. The Kier molecular flexibility index (Phi) is 5.15. The number of nitrogens with zero attached hydrogens (tertiary/aromatic N) is 1. The van der Waals surface area contributed by atoms with Crippen LogP contribution in [0.5, 0.6) is 0 Å². The van der Waals surface area contributed by atoms with E-state index in [0.717, 1.165) is 22.4 Å². The van der Waals surface area contributed by atoms with Gasteiger partial charge >= 0.3 is 0 Å². The molecule has 2 aromatic carbocycles. The van der Waals surface area contributed by atoms with Gasteiger partial charge < -0.3 is 11.1 Å². The second-order valence-electron chi connectivity index (χ2n) is 5.01.